The number of aromatic nitrogens is 1. The van der Waals surface area contributed by atoms with Gasteiger partial charge in [0.1, 0.15) is 5.82 Å². The quantitative estimate of drug-likeness (QED) is 0.843. The first-order chi connectivity index (χ1) is 8.04. The van der Waals surface area contributed by atoms with Crippen molar-refractivity contribution in [2.45, 2.75) is 31.5 Å². The second-order valence-electron chi connectivity index (χ2n) is 3.89. The van der Waals surface area contributed by atoms with Gasteiger partial charge in [-0.25, -0.2) is 4.98 Å². The van der Waals surface area contributed by atoms with Gasteiger partial charge in [-0.2, -0.15) is 0 Å². The Morgan fingerprint density at radius 1 is 1.65 bits per heavy atom. The van der Waals surface area contributed by atoms with Gasteiger partial charge >= 0.3 is 0 Å². The molecule has 0 saturated heterocycles. The Morgan fingerprint density at radius 2 is 2.35 bits per heavy atom. The van der Waals surface area contributed by atoms with Crippen molar-refractivity contribution in [3.8, 4) is 0 Å². The topological polar surface area (TPSA) is 42.0 Å². The van der Waals surface area contributed by atoms with Crippen molar-refractivity contribution in [3.05, 3.63) is 30.5 Å². The Balaban J connectivity index is 2.79. The molecule has 4 heteroatoms. The third-order valence-corrected chi connectivity index (χ3v) is 2.75. The van der Waals surface area contributed by atoms with E-state index in [1.165, 1.54) is 0 Å². The Bertz CT molecular complexity index is 416. The fraction of sp³-hybridized carbons (Fsp3) is 0.385. The predicted octanol–water partition coefficient (Wildman–Crippen LogP) is 3.62. The number of anilines is 1. The molecule has 1 atom stereocenters. The molecule has 0 fully saturated rings. The number of rotatable bonds is 5. The average molecular weight is 297 g/mol. The SMILES string of the molecule is C=C(CCC)c1ccnc(NC(=O)C(C)Br)c1. The maximum atomic E-state index is 11.5. The molecule has 0 aliphatic heterocycles. The number of amides is 1. The van der Waals surface area contributed by atoms with Crippen LogP contribution in [0.15, 0.2) is 24.9 Å². The van der Waals surface area contributed by atoms with Crippen molar-refractivity contribution in [1.82, 2.24) is 4.98 Å². The molecule has 1 aromatic heterocycles. The number of carbonyl (C=O) groups excluding carboxylic acids is 1. The van der Waals surface area contributed by atoms with E-state index in [0.717, 1.165) is 24.0 Å². The van der Waals surface area contributed by atoms with Gasteiger partial charge in [-0.15, -0.1) is 0 Å². The maximum Gasteiger partial charge on any atom is 0.239 e. The highest BCUT2D eigenvalue weighted by Gasteiger charge is 2.09. The summed E-state index contributed by atoms with van der Waals surface area (Å²) in [4.78, 5) is 15.4. The van der Waals surface area contributed by atoms with Gasteiger partial charge in [0.15, 0.2) is 0 Å². The molecule has 1 unspecified atom stereocenters. The van der Waals surface area contributed by atoms with Gasteiger partial charge in [0.05, 0.1) is 4.83 Å². The van der Waals surface area contributed by atoms with Crippen LogP contribution in [0.4, 0.5) is 5.82 Å². The molecule has 0 aliphatic rings. The standard InChI is InChI=1S/C13H17BrN2O/c1-4-5-9(2)11-6-7-15-12(8-11)16-13(17)10(3)14/h6-8,10H,2,4-5H2,1,3H3,(H,15,16,17). The summed E-state index contributed by atoms with van der Waals surface area (Å²) in [7, 11) is 0. The number of pyridine rings is 1. The van der Waals surface area contributed by atoms with E-state index in [0.29, 0.717) is 5.82 Å². The summed E-state index contributed by atoms with van der Waals surface area (Å²) in [5, 5.41) is 2.74. The van der Waals surface area contributed by atoms with E-state index >= 15 is 0 Å². The van der Waals surface area contributed by atoms with E-state index in [1.54, 1.807) is 13.1 Å². The molecule has 92 valence electrons. The summed E-state index contributed by atoms with van der Waals surface area (Å²) in [5.41, 5.74) is 2.09. The monoisotopic (exact) mass is 296 g/mol. The van der Waals surface area contributed by atoms with Gasteiger partial charge in [-0.3, -0.25) is 4.79 Å². The first-order valence-electron chi connectivity index (χ1n) is 5.63. The second-order valence-corrected chi connectivity index (χ2v) is 5.26. The minimum atomic E-state index is -0.230. The molecule has 0 spiro atoms. The summed E-state index contributed by atoms with van der Waals surface area (Å²) in [6, 6.07) is 3.76. The zero-order chi connectivity index (χ0) is 12.8. The molecular weight excluding hydrogens is 280 g/mol. The molecule has 1 amide bonds. The second kappa shape index (κ2) is 6.55. The molecule has 17 heavy (non-hydrogen) atoms. The molecule has 1 rings (SSSR count). The van der Waals surface area contributed by atoms with Gasteiger partial charge in [0.25, 0.3) is 0 Å². The van der Waals surface area contributed by atoms with E-state index in [4.69, 9.17) is 0 Å². The minimum Gasteiger partial charge on any atom is -0.310 e. The zero-order valence-electron chi connectivity index (χ0n) is 10.2. The van der Waals surface area contributed by atoms with Crippen LogP contribution in [0, 0.1) is 0 Å². The van der Waals surface area contributed by atoms with Crippen LogP contribution in [0.5, 0.6) is 0 Å². The highest BCUT2D eigenvalue weighted by Crippen LogP contribution is 2.19. The number of hydrogen-bond donors (Lipinski definition) is 1. The lowest BCUT2D eigenvalue weighted by molar-refractivity contribution is -0.115. The number of carbonyl (C=O) groups is 1. The molecule has 1 heterocycles. The van der Waals surface area contributed by atoms with E-state index in [-0.39, 0.29) is 10.7 Å². The number of hydrogen-bond acceptors (Lipinski definition) is 2. The van der Waals surface area contributed by atoms with E-state index in [2.05, 4.69) is 39.7 Å². The number of nitrogens with one attached hydrogen (secondary N) is 1. The van der Waals surface area contributed by atoms with Crippen molar-refractivity contribution < 1.29 is 4.79 Å². The Kier molecular flexibility index (Phi) is 5.35. The summed E-state index contributed by atoms with van der Waals surface area (Å²) in [6.07, 6.45) is 3.69. The smallest absolute Gasteiger partial charge is 0.239 e. The Labute approximate surface area is 110 Å². The van der Waals surface area contributed by atoms with Gasteiger partial charge < -0.3 is 5.32 Å². The normalized spacial score (nSPS) is 11.9. The van der Waals surface area contributed by atoms with Crippen molar-refractivity contribution in [3.63, 3.8) is 0 Å². The number of halogens is 1. The van der Waals surface area contributed by atoms with Crippen molar-refractivity contribution >= 4 is 33.2 Å². The predicted molar refractivity (Wildman–Crippen MR) is 75.2 cm³/mol. The fourth-order valence-electron chi connectivity index (χ4n) is 1.39. The highest BCUT2D eigenvalue weighted by atomic mass is 79.9. The molecule has 1 N–H and O–H groups in total. The maximum absolute atomic E-state index is 11.5. The van der Waals surface area contributed by atoms with Crippen LogP contribution >= 0.6 is 15.9 Å². The molecule has 0 aromatic carbocycles. The summed E-state index contributed by atoms with van der Waals surface area (Å²) in [5.74, 6) is 0.465. The van der Waals surface area contributed by atoms with Crippen molar-refractivity contribution in [2.24, 2.45) is 0 Å². The largest absolute Gasteiger partial charge is 0.310 e. The van der Waals surface area contributed by atoms with Gasteiger partial charge in [0.2, 0.25) is 5.91 Å². The van der Waals surface area contributed by atoms with Crippen molar-refractivity contribution in [1.29, 1.82) is 0 Å². The molecule has 0 saturated carbocycles. The minimum absolute atomic E-state index is 0.101. The number of alkyl halides is 1. The van der Waals surface area contributed by atoms with Crippen LogP contribution in [-0.4, -0.2) is 15.7 Å². The first kappa shape index (κ1) is 13.9. The van der Waals surface area contributed by atoms with Crippen LogP contribution in [0.25, 0.3) is 5.57 Å². The van der Waals surface area contributed by atoms with Crippen molar-refractivity contribution in [2.75, 3.05) is 5.32 Å². The number of nitrogens with zero attached hydrogens (tertiary/aromatic N) is 1. The van der Waals surface area contributed by atoms with Crippen LogP contribution in [-0.2, 0) is 4.79 Å². The summed E-state index contributed by atoms with van der Waals surface area (Å²) >= 11 is 3.21. The lowest BCUT2D eigenvalue weighted by Crippen LogP contribution is -2.20. The highest BCUT2D eigenvalue weighted by molar-refractivity contribution is 9.10. The molecule has 1 aromatic rings. The summed E-state index contributed by atoms with van der Waals surface area (Å²) < 4.78 is 0. The van der Waals surface area contributed by atoms with Gasteiger partial charge in [0, 0.05) is 6.20 Å². The molecule has 0 bridgehead atoms. The van der Waals surface area contributed by atoms with Gasteiger partial charge in [-0.05, 0) is 36.6 Å². The molecular formula is C13H17BrN2O. The van der Waals surface area contributed by atoms with E-state index < -0.39 is 0 Å². The molecule has 3 nitrogen and oxygen atoms in total. The molecule has 0 aliphatic carbocycles. The third-order valence-electron chi connectivity index (χ3n) is 2.33. The summed E-state index contributed by atoms with van der Waals surface area (Å²) in [6.45, 7) is 7.91. The lowest BCUT2D eigenvalue weighted by atomic mass is 10.0. The first-order valence-corrected chi connectivity index (χ1v) is 6.55. The average Bonchev–Trinajstić information content (AvgIpc) is 2.29. The van der Waals surface area contributed by atoms with Crippen LogP contribution in [0.2, 0.25) is 0 Å². The van der Waals surface area contributed by atoms with Gasteiger partial charge in [-0.1, -0.05) is 35.9 Å². The van der Waals surface area contributed by atoms with Crippen LogP contribution in [0.3, 0.4) is 0 Å². The lowest BCUT2D eigenvalue weighted by Gasteiger charge is -2.08. The Morgan fingerprint density at radius 3 is 2.94 bits per heavy atom. The van der Waals surface area contributed by atoms with Crippen LogP contribution < -0.4 is 5.32 Å². The Hall–Kier alpha value is -1.16. The fourth-order valence-corrected chi connectivity index (χ4v) is 1.51. The van der Waals surface area contributed by atoms with Crippen LogP contribution in [0.1, 0.15) is 32.3 Å². The third kappa shape index (κ3) is 4.30. The number of allylic oxidation sites excluding steroid dienone is 1. The molecule has 0 radical (unpaired) electrons. The van der Waals surface area contributed by atoms with E-state index in [1.807, 2.05) is 12.1 Å². The van der Waals surface area contributed by atoms with E-state index in [9.17, 15) is 4.79 Å². The zero-order valence-corrected chi connectivity index (χ0v) is 11.8.